The van der Waals surface area contributed by atoms with E-state index in [2.05, 4.69) is 15.2 Å². The molecule has 0 amide bonds. The summed E-state index contributed by atoms with van der Waals surface area (Å²) in [4.78, 5) is 4.50. The number of aryl methyl sites for hydroxylation is 1. The number of hydrogen-bond acceptors (Lipinski definition) is 6. The summed E-state index contributed by atoms with van der Waals surface area (Å²) < 4.78 is 12.4. The fourth-order valence-corrected chi connectivity index (χ4v) is 3.40. The van der Waals surface area contributed by atoms with Gasteiger partial charge in [-0.15, -0.1) is 21.5 Å². The number of rotatable bonds is 4. The lowest BCUT2D eigenvalue weighted by Crippen LogP contribution is -1.96. The van der Waals surface area contributed by atoms with Crippen molar-refractivity contribution in [1.82, 2.24) is 15.2 Å². The minimum atomic E-state index is 0.153. The molecular formula is C17H12ClN3O2S. The monoisotopic (exact) mass is 357 g/mol. The van der Waals surface area contributed by atoms with Gasteiger partial charge in [-0.3, -0.25) is 0 Å². The lowest BCUT2D eigenvalue weighted by molar-refractivity contribution is 0.264. The van der Waals surface area contributed by atoms with Crippen LogP contribution in [0.25, 0.3) is 21.1 Å². The number of benzene rings is 2. The van der Waals surface area contributed by atoms with Crippen molar-refractivity contribution in [3.05, 3.63) is 58.9 Å². The van der Waals surface area contributed by atoms with E-state index in [0.29, 0.717) is 27.6 Å². The van der Waals surface area contributed by atoms with Crippen LogP contribution in [0.1, 0.15) is 11.5 Å². The van der Waals surface area contributed by atoms with E-state index in [1.54, 1.807) is 0 Å². The zero-order valence-electron chi connectivity index (χ0n) is 12.7. The Morgan fingerprint density at radius 2 is 2.04 bits per heavy atom. The van der Waals surface area contributed by atoms with Gasteiger partial charge in [0, 0.05) is 0 Å². The Morgan fingerprint density at radius 1 is 1.17 bits per heavy atom. The molecule has 2 heterocycles. The van der Waals surface area contributed by atoms with Crippen LogP contribution in [0.4, 0.5) is 0 Å². The molecule has 7 heteroatoms. The number of fused-ring (bicyclic) bond motifs is 1. The fourth-order valence-electron chi connectivity index (χ4n) is 2.22. The minimum Gasteiger partial charge on any atom is -0.482 e. The molecule has 2 aromatic carbocycles. The summed E-state index contributed by atoms with van der Waals surface area (Å²) >= 11 is 7.65. The third-order valence-corrected chi connectivity index (χ3v) is 4.70. The Hall–Kier alpha value is -2.44. The predicted octanol–water partition coefficient (Wildman–Crippen LogP) is 4.89. The number of nitrogens with zero attached hydrogens (tertiary/aromatic N) is 3. The molecule has 0 atom stereocenters. The molecule has 0 spiro atoms. The third kappa shape index (κ3) is 2.98. The molecule has 0 bridgehead atoms. The van der Waals surface area contributed by atoms with Gasteiger partial charge >= 0.3 is 0 Å². The van der Waals surface area contributed by atoms with E-state index in [1.165, 1.54) is 11.3 Å². The Kier molecular flexibility index (Phi) is 3.92. The van der Waals surface area contributed by atoms with E-state index < -0.39 is 0 Å². The molecule has 0 unspecified atom stereocenters. The number of para-hydroxylation sites is 1. The van der Waals surface area contributed by atoms with E-state index in [0.717, 1.165) is 15.8 Å². The molecule has 0 aliphatic carbocycles. The average Bonchev–Trinajstić information content (AvgIpc) is 3.20. The van der Waals surface area contributed by atoms with Crippen LogP contribution in [0, 0.1) is 6.92 Å². The SMILES string of the molecule is Cc1ccc(OCc2nnc(-c3nc4ccccc4s3)o2)c(Cl)c1. The van der Waals surface area contributed by atoms with Crippen LogP contribution in [0.5, 0.6) is 5.75 Å². The molecule has 120 valence electrons. The van der Waals surface area contributed by atoms with Gasteiger partial charge in [0.25, 0.3) is 11.8 Å². The van der Waals surface area contributed by atoms with Crippen molar-refractivity contribution in [2.24, 2.45) is 0 Å². The minimum absolute atomic E-state index is 0.153. The molecule has 2 aromatic heterocycles. The maximum atomic E-state index is 6.14. The van der Waals surface area contributed by atoms with Gasteiger partial charge in [0.15, 0.2) is 11.6 Å². The smallest absolute Gasteiger partial charge is 0.276 e. The van der Waals surface area contributed by atoms with Crippen molar-refractivity contribution in [2.75, 3.05) is 0 Å². The molecule has 5 nitrogen and oxygen atoms in total. The quantitative estimate of drug-likeness (QED) is 0.520. The number of aromatic nitrogens is 3. The van der Waals surface area contributed by atoms with Crippen LogP contribution in [0.3, 0.4) is 0 Å². The lowest BCUT2D eigenvalue weighted by Gasteiger charge is -2.05. The Balaban J connectivity index is 1.52. The van der Waals surface area contributed by atoms with Crippen molar-refractivity contribution >= 4 is 33.2 Å². The molecule has 0 N–H and O–H groups in total. The molecule has 4 rings (SSSR count). The third-order valence-electron chi connectivity index (χ3n) is 3.38. The first-order valence-electron chi connectivity index (χ1n) is 7.26. The molecule has 4 aromatic rings. The Labute approximate surface area is 146 Å². The Morgan fingerprint density at radius 3 is 2.88 bits per heavy atom. The van der Waals surface area contributed by atoms with E-state index >= 15 is 0 Å². The van der Waals surface area contributed by atoms with E-state index in [4.69, 9.17) is 20.8 Å². The summed E-state index contributed by atoms with van der Waals surface area (Å²) in [6, 6.07) is 13.5. The van der Waals surface area contributed by atoms with Gasteiger partial charge in [0.2, 0.25) is 0 Å². The first kappa shape index (κ1) is 15.1. The van der Waals surface area contributed by atoms with Crippen LogP contribution < -0.4 is 4.74 Å². The summed E-state index contributed by atoms with van der Waals surface area (Å²) in [5, 5.41) is 9.31. The van der Waals surface area contributed by atoms with Crippen LogP contribution in [0.15, 0.2) is 46.9 Å². The zero-order chi connectivity index (χ0) is 16.5. The molecule has 0 aliphatic rings. The lowest BCUT2D eigenvalue weighted by atomic mass is 10.2. The fraction of sp³-hybridized carbons (Fsp3) is 0.118. The Bertz CT molecular complexity index is 979. The van der Waals surface area contributed by atoms with E-state index in [9.17, 15) is 0 Å². The van der Waals surface area contributed by atoms with E-state index in [-0.39, 0.29) is 6.61 Å². The number of ether oxygens (including phenoxy) is 1. The van der Waals surface area contributed by atoms with Crippen LogP contribution >= 0.6 is 22.9 Å². The molecule has 0 saturated carbocycles. The topological polar surface area (TPSA) is 61.0 Å². The normalized spacial score (nSPS) is 11.1. The summed E-state index contributed by atoms with van der Waals surface area (Å²) in [6.45, 7) is 2.12. The van der Waals surface area contributed by atoms with Crippen LogP contribution in [0.2, 0.25) is 5.02 Å². The highest BCUT2D eigenvalue weighted by molar-refractivity contribution is 7.21. The van der Waals surface area contributed by atoms with Gasteiger partial charge < -0.3 is 9.15 Å². The van der Waals surface area contributed by atoms with E-state index in [1.807, 2.05) is 49.4 Å². The highest BCUT2D eigenvalue weighted by Gasteiger charge is 2.14. The standard InChI is InChI=1S/C17H12ClN3O2S/c1-10-6-7-13(11(18)8-10)22-9-15-20-21-16(23-15)17-19-12-4-2-3-5-14(12)24-17/h2-8H,9H2,1H3. The van der Waals surface area contributed by atoms with Crippen molar-refractivity contribution < 1.29 is 9.15 Å². The zero-order valence-corrected chi connectivity index (χ0v) is 14.3. The van der Waals surface area contributed by atoms with Gasteiger partial charge in [0.1, 0.15) is 5.75 Å². The van der Waals surface area contributed by atoms with Crippen molar-refractivity contribution in [3.63, 3.8) is 0 Å². The molecule has 0 fully saturated rings. The average molecular weight is 358 g/mol. The molecular weight excluding hydrogens is 346 g/mol. The van der Waals surface area contributed by atoms with Crippen LogP contribution in [-0.2, 0) is 6.61 Å². The first-order valence-corrected chi connectivity index (χ1v) is 8.46. The highest BCUT2D eigenvalue weighted by Crippen LogP contribution is 2.30. The van der Waals surface area contributed by atoms with Crippen molar-refractivity contribution in [2.45, 2.75) is 13.5 Å². The highest BCUT2D eigenvalue weighted by atomic mass is 35.5. The largest absolute Gasteiger partial charge is 0.482 e. The first-order chi connectivity index (χ1) is 11.7. The molecule has 0 saturated heterocycles. The molecule has 0 radical (unpaired) electrons. The summed E-state index contributed by atoms with van der Waals surface area (Å²) in [7, 11) is 0. The van der Waals surface area contributed by atoms with Gasteiger partial charge in [-0.2, -0.15) is 0 Å². The second kappa shape index (κ2) is 6.22. The molecule has 24 heavy (non-hydrogen) atoms. The van der Waals surface area contributed by atoms with Crippen LogP contribution in [-0.4, -0.2) is 15.2 Å². The van der Waals surface area contributed by atoms with Gasteiger partial charge in [-0.25, -0.2) is 4.98 Å². The van der Waals surface area contributed by atoms with Gasteiger partial charge in [-0.05, 0) is 36.8 Å². The van der Waals surface area contributed by atoms with Crippen molar-refractivity contribution in [3.8, 4) is 16.6 Å². The second-order valence-electron chi connectivity index (χ2n) is 5.21. The number of thiazole rings is 1. The maximum Gasteiger partial charge on any atom is 0.276 e. The summed E-state index contributed by atoms with van der Waals surface area (Å²) in [5.74, 6) is 1.35. The number of hydrogen-bond donors (Lipinski definition) is 0. The van der Waals surface area contributed by atoms with Crippen molar-refractivity contribution in [1.29, 1.82) is 0 Å². The van der Waals surface area contributed by atoms with Gasteiger partial charge in [-0.1, -0.05) is 29.8 Å². The summed E-state index contributed by atoms with van der Waals surface area (Å²) in [5.41, 5.74) is 1.99. The summed E-state index contributed by atoms with van der Waals surface area (Å²) in [6.07, 6.45) is 0. The van der Waals surface area contributed by atoms with Gasteiger partial charge in [0.05, 0.1) is 15.2 Å². The predicted molar refractivity (Wildman–Crippen MR) is 93.4 cm³/mol. The second-order valence-corrected chi connectivity index (χ2v) is 6.65. The maximum absolute atomic E-state index is 6.14. The molecule has 0 aliphatic heterocycles. The number of halogens is 1.